The summed E-state index contributed by atoms with van der Waals surface area (Å²) in [6.45, 7) is 5.08. The average Bonchev–Trinajstić information content (AvgIpc) is 2.69. The Bertz CT molecular complexity index is 700. The van der Waals surface area contributed by atoms with E-state index in [0.29, 0.717) is 0 Å². The van der Waals surface area contributed by atoms with Crippen molar-refractivity contribution in [1.82, 2.24) is 9.78 Å². The first-order valence-electron chi connectivity index (χ1n) is 5.83. The van der Waals surface area contributed by atoms with Gasteiger partial charge < -0.3 is 9.84 Å². The summed E-state index contributed by atoms with van der Waals surface area (Å²) in [5.74, 6) is -2.30. The van der Waals surface area contributed by atoms with E-state index in [2.05, 4.69) is 5.10 Å². The zero-order valence-corrected chi connectivity index (χ0v) is 11.2. The molecule has 6 nitrogen and oxygen atoms in total. The number of ether oxygens (including phenoxy) is 1. The number of fused-ring (bicyclic) bond motifs is 1. The Hall–Kier alpha value is -2.44. The fourth-order valence-electron chi connectivity index (χ4n) is 1.74. The van der Waals surface area contributed by atoms with E-state index < -0.39 is 29.0 Å². The lowest BCUT2D eigenvalue weighted by molar-refractivity contribution is 0.0521. The van der Waals surface area contributed by atoms with Crippen LogP contribution in [0.4, 0.5) is 9.18 Å². The molecule has 0 radical (unpaired) electrons. The van der Waals surface area contributed by atoms with Gasteiger partial charge in [0.05, 0.1) is 11.7 Å². The number of hydrogen-bond donors (Lipinski definition) is 1. The molecule has 1 aromatic carbocycles. The van der Waals surface area contributed by atoms with Gasteiger partial charge in [-0.25, -0.2) is 14.0 Å². The third-order valence-electron chi connectivity index (χ3n) is 2.48. The second-order valence-corrected chi connectivity index (χ2v) is 5.20. The van der Waals surface area contributed by atoms with Crippen LogP contribution < -0.4 is 0 Å². The summed E-state index contributed by atoms with van der Waals surface area (Å²) in [5, 5.41) is 12.8. The minimum atomic E-state index is -1.42. The number of benzene rings is 1. The number of aromatic carboxylic acids is 1. The molecule has 0 aliphatic rings. The zero-order valence-electron chi connectivity index (χ0n) is 11.2. The third kappa shape index (κ3) is 2.47. The van der Waals surface area contributed by atoms with E-state index in [1.54, 1.807) is 20.8 Å². The van der Waals surface area contributed by atoms with E-state index >= 15 is 0 Å². The van der Waals surface area contributed by atoms with Gasteiger partial charge in [-0.05, 0) is 32.9 Å². The van der Waals surface area contributed by atoms with Crippen molar-refractivity contribution in [1.29, 1.82) is 0 Å². The van der Waals surface area contributed by atoms with Crippen LogP contribution in [0.2, 0.25) is 0 Å². The van der Waals surface area contributed by atoms with E-state index in [-0.39, 0.29) is 10.9 Å². The first-order chi connectivity index (χ1) is 9.20. The highest BCUT2D eigenvalue weighted by Gasteiger charge is 2.23. The van der Waals surface area contributed by atoms with Crippen molar-refractivity contribution in [2.24, 2.45) is 0 Å². The standard InChI is InChI=1S/C13H13FN2O4/c1-13(2,3)20-12(19)16-9-5-4-8(14)10(11(17)18)7(9)6-15-16/h4-6H,1-3H3,(H,17,18). The van der Waals surface area contributed by atoms with Crippen molar-refractivity contribution in [2.45, 2.75) is 26.4 Å². The Morgan fingerprint density at radius 2 is 2.00 bits per heavy atom. The largest absolute Gasteiger partial charge is 0.478 e. The lowest BCUT2D eigenvalue weighted by atomic mass is 10.1. The van der Waals surface area contributed by atoms with Gasteiger partial charge in [-0.15, -0.1) is 0 Å². The maximum atomic E-state index is 13.5. The number of rotatable bonds is 1. The van der Waals surface area contributed by atoms with Crippen molar-refractivity contribution in [3.05, 3.63) is 29.7 Å². The zero-order chi connectivity index (χ0) is 15.1. The Morgan fingerprint density at radius 1 is 1.35 bits per heavy atom. The Balaban J connectivity index is 2.56. The van der Waals surface area contributed by atoms with Gasteiger partial charge in [0.1, 0.15) is 17.0 Å². The topological polar surface area (TPSA) is 81.4 Å². The summed E-state index contributed by atoms with van der Waals surface area (Å²) in [4.78, 5) is 23.0. The molecule has 0 unspecified atom stereocenters. The SMILES string of the molecule is CC(C)(C)OC(=O)n1ncc2c(C(=O)O)c(F)ccc21. The molecule has 0 atom stereocenters. The van der Waals surface area contributed by atoms with Gasteiger partial charge in [0.25, 0.3) is 0 Å². The Morgan fingerprint density at radius 3 is 2.55 bits per heavy atom. The van der Waals surface area contributed by atoms with Crippen molar-refractivity contribution in [3.8, 4) is 0 Å². The van der Waals surface area contributed by atoms with Gasteiger partial charge >= 0.3 is 12.1 Å². The van der Waals surface area contributed by atoms with Crippen LogP contribution in [-0.4, -0.2) is 32.6 Å². The third-order valence-corrected chi connectivity index (χ3v) is 2.48. The smallest absolute Gasteiger partial charge is 0.435 e. The first kappa shape index (κ1) is 14.0. The number of carbonyl (C=O) groups is 2. The molecule has 2 rings (SSSR count). The Kier molecular flexibility index (Phi) is 3.21. The van der Waals surface area contributed by atoms with Gasteiger partial charge in [-0.2, -0.15) is 9.78 Å². The van der Waals surface area contributed by atoms with Gasteiger partial charge in [0.15, 0.2) is 0 Å². The first-order valence-corrected chi connectivity index (χ1v) is 5.83. The summed E-state index contributed by atoms with van der Waals surface area (Å²) in [6.07, 6.45) is 0.377. The van der Waals surface area contributed by atoms with Crippen molar-refractivity contribution < 1.29 is 23.8 Å². The van der Waals surface area contributed by atoms with Crippen LogP contribution >= 0.6 is 0 Å². The number of hydrogen-bond acceptors (Lipinski definition) is 4. The fraction of sp³-hybridized carbons (Fsp3) is 0.308. The molecule has 20 heavy (non-hydrogen) atoms. The minimum absolute atomic E-state index is 0.0448. The summed E-state index contributed by atoms with van der Waals surface area (Å²) in [5.41, 5.74) is -1.05. The van der Waals surface area contributed by atoms with Crippen LogP contribution in [-0.2, 0) is 4.74 Å². The molecule has 0 aliphatic carbocycles. The van der Waals surface area contributed by atoms with E-state index in [1.807, 2.05) is 0 Å². The minimum Gasteiger partial charge on any atom is -0.478 e. The monoisotopic (exact) mass is 280 g/mol. The summed E-state index contributed by atoms with van der Waals surface area (Å²) < 4.78 is 19.6. The van der Waals surface area contributed by atoms with Crippen molar-refractivity contribution in [3.63, 3.8) is 0 Å². The van der Waals surface area contributed by atoms with E-state index in [0.717, 1.165) is 16.9 Å². The highest BCUT2D eigenvalue weighted by Crippen LogP contribution is 2.22. The number of carboxylic acid groups (broad SMARTS) is 1. The van der Waals surface area contributed by atoms with E-state index in [1.165, 1.54) is 6.07 Å². The van der Waals surface area contributed by atoms with Crippen LogP contribution in [0, 0.1) is 5.82 Å². The molecule has 0 aliphatic heterocycles. The molecule has 0 saturated carbocycles. The summed E-state index contributed by atoms with van der Waals surface area (Å²) in [6, 6.07) is 2.27. The van der Waals surface area contributed by atoms with Crippen LogP contribution in [0.3, 0.4) is 0 Å². The van der Waals surface area contributed by atoms with Crippen LogP contribution in [0.15, 0.2) is 18.3 Å². The molecule has 1 heterocycles. The molecule has 0 spiro atoms. The van der Waals surface area contributed by atoms with Crippen molar-refractivity contribution >= 4 is 23.0 Å². The molecular weight excluding hydrogens is 267 g/mol. The predicted molar refractivity (Wildman–Crippen MR) is 68.3 cm³/mol. The van der Waals surface area contributed by atoms with Gasteiger partial charge in [0, 0.05) is 5.39 Å². The number of aromatic nitrogens is 2. The van der Waals surface area contributed by atoms with Crippen molar-refractivity contribution in [2.75, 3.05) is 0 Å². The maximum absolute atomic E-state index is 13.5. The predicted octanol–water partition coefficient (Wildman–Crippen LogP) is 2.66. The van der Waals surface area contributed by atoms with E-state index in [9.17, 15) is 14.0 Å². The Labute approximate surface area is 113 Å². The molecule has 1 N–H and O–H groups in total. The summed E-state index contributed by atoms with van der Waals surface area (Å²) >= 11 is 0. The highest BCUT2D eigenvalue weighted by atomic mass is 19.1. The average molecular weight is 280 g/mol. The van der Waals surface area contributed by atoms with Crippen LogP contribution in [0.25, 0.3) is 10.9 Å². The molecule has 7 heteroatoms. The molecular formula is C13H13FN2O4. The fourth-order valence-corrected chi connectivity index (χ4v) is 1.74. The van der Waals surface area contributed by atoms with Gasteiger partial charge in [0.2, 0.25) is 0 Å². The quantitative estimate of drug-likeness (QED) is 0.868. The number of carbonyl (C=O) groups excluding carboxylic acids is 1. The van der Waals surface area contributed by atoms with E-state index in [4.69, 9.17) is 9.84 Å². The lowest BCUT2D eigenvalue weighted by Crippen LogP contribution is -2.27. The molecule has 0 fully saturated rings. The van der Waals surface area contributed by atoms with Gasteiger partial charge in [-0.3, -0.25) is 0 Å². The lowest BCUT2D eigenvalue weighted by Gasteiger charge is -2.19. The number of halogens is 1. The second kappa shape index (κ2) is 4.59. The highest BCUT2D eigenvalue weighted by molar-refractivity contribution is 6.04. The summed E-state index contributed by atoms with van der Waals surface area (Å²) in [7, 11) is 0. The molecule has 106 valence electrons. The maximum Gasteiger partial charge on any atom is 0.435 e. The molecule has 0 bridgehead atoms. The molecule has 0 saturated heterocycles. The van der Waals surface area contributed by atoms with Crippen LogP contribution in [0.1, 0.15) is 31.1 Å². The number of carboxylic acids is 1. The molecule has 1 aromatic heterocycles. The van der Waals surface area contributed by atoms with Crippen LogP contribution in [0.5, 0.6) is 0 Å². The second-order valence-electron chi connectivity index (χ2n) is 5.20. The number of nitrogens with zero attached hydrogens (tertiary/aromatic N) is 2. The molecule has 0 amide bonds. The van der Waals surface area contributed by atoms with Gasteiger partial charge in [-0.1, -0.05) is 0 Å². The normalized spacial score (nSPS) is 11.6. The molecule has 2 aromatic rings.